The number of thioether (sulfide) groups is 1. The van der Waals surface area contributed by atoms with E-state index in [0.717, 1.165) is 24.9 Å². The van der Waals surface area contributed by atoms with Gasteiger partial charge in [-0.3, -0.25) is 4.79 Å². The van der Waals surface area contributed by atoms with Gasteiger partial charge in [-0.15, -0.1) is 11.8 Å². The Morgan fingerprint density at radius 1 is 1.50 bits per heavy atom. The maximum absolute atomic E-state index is 11.7. The summed E-state index contributed by atoms with van der Waals surface area (Å²) in [7, 11) is -3.23. The molecule has 1 saturated heterocycles. The number of carbonyl (C=O) groups is 2. The average Bonchev–Trinajstić information content (AvgIpc) is 2.75. The number of aliphatic carboxylic acids is 1. The quantitative estimate of drug-likeness (QED) is 0.709. The number of sulfone groups is 1. The lowest BCUT2D eigenvalue weighted by atomic mass is 10.2. The van der Waals surface area contributed by atoms with Crippen molar-refractivity contribution >= 4 is 33.5 Å². The van der Waals surface area contributed by atoms with Gasteiger partial charge in [-0.25, -0.2) is 13.2 Å². The number of amides is 1. The minimum atomic E-state index is -3.23. The zero-order chi connectivity index (χ0) is 13.8. The topological polar surface area (TPSA) is 101 Å². The predicted molar refractivity (Wildman–Crippen MR) is 69.4 cm³/mol. The fraction of sp³-hybridized carbons (Fsp3) is 0.800. The number of rotatable bonds is 6. The third kappa shape index (κ3) is 5.26. The minimum Gasteiger partial charge on any atom is -0.480 e. The van der Waals surface area contributed by atoms with Crippen LogP contribution in [-0.4, -0.2) is 54.5 Å². The fourth-order valence-electron chi connectivity index (χ4n) is 1.64. The Kier molecular flexibility index (Phi) is 5.46. The summed E-state index contributed by atoms with van der Waals surface area (Å²) in [4.78, 5) is 22.7. The van der Waals surface area contributed by atoms with E-state index in [4.69, 9.17) is 5.11 Å². The highest BCUT2D eigenvalue weighted by molar-refractivity contribution is 8.00. The average molecular weight is 295 g/mol. The SMILES string of the molecule is CS(=O)(=O)CCC(NC(=O)C1CCCS1)C(=O)O. The zero-order valence-corrected chi connectivity index (χ0v) is 11.7. The molecule has 0 aromatic carbocycles. The van der Waals surface area contributed by atoms with Crippen molar-refractivity contribution < 1.29 is 23.1 Å². The van der Waals surface area contributed by atoms with Crippen LogP contribution < -0.4 is 5.32 Å². The molecule has 0 aliphatic carbocycles. The van der Waals surface area contributed by atoms with Gasteiger partial charge in [0.25, 0.3) is 0 Å². The van der Waals surface area contributed by atoms with Crippen molar-refractivity contribution in [2.24, 2.45) is 0 Å². The van der Waals surface area contributed by atoms with Crippen molar-refractivity contribution in [1.82, 2.24) is 5.32 Å². The lowest BCUT2D eigenvalue weighted by Crippen LogP contribution is -2.45. The van der Waals surface area contributed by atoms with Crippen LogP contribution in [0, 0.1) is 0 Å². The number of hydrogen-bond acceptors (Lipinski definition) is 5. The van der Waals surface area contributed by atoms with Crippen LogP contribution in [-0.2, 0) is 19.4 Å². The Hall–Kier alpha value is -0.760. The van der Waals surface area contributed by atoms with Gasteiger partial charge in [0.15, 0.2) is 0 Å². The Bertz CT molecular complexity index is 414. The summed E-state index contributed by atoms with van der Waals surface area (Å²) >= 11 is 1.50. The van der Waals surface area contributed by atoms with E-state index >= 15 is 0 Å². The molecule has 0 aromatic heterocycles. The van der Waals surface area contributed by atoms with E-state index in [1.165, 1.54) is 11.8 Å². The zero-order valence-electron chi connectivity index (χ0n) is 10.1. The van der Waals surface area contributed by atoms with Crippen LogP contribution in [0.15, 0.2) is 0 Å². The van der Waals surface area contributed by atoms with E-state index in [1.807, 2.05) is 0 Å². The first-order valence-electron chi connectivity index (χ1n) is 5.62. The van der Waals surface area contributed by atoms with E-state index in [2.05, 4.69) is 5.32 Å². The fourth-order valence-corrected chi connectivity index (χ4v) is 3.47. The molecule has 2 atom stereocenters. The number of hydrogen-bond donors (Lipinski definition) is 2. The highest BCUT2D eigenvalue weighted by Crippen LogP contribution is 2.26. The molecule has 0 saturated carbocycles. The molecule has 1 heterocycles. The number of carbonyl (C=O) groups excluding carboxylic acids is 1. The van der Waals surface area contributed by atoms with E-state index in [1.54, 1.807) is 0 Å². The molecular formula is C10H17NO5S2. The van der Waals surface area contributed by atoms with Gasteiger partial charge in [0.05, 0.1) is 11.0 Å². The first kappa shape index (κ1) is 15.3. The molecular weight excluding hydrogens is 278 g/mol. The van der Waals surface area contributed by atoms with Gasteiger partial charge in [-0.2, -0.15) is 0 Å². The summed E-state index contributed by atoms with van der Waals surface area (Å²) in [6.07, 6.45) is 2.64. The Balaban J connectivity index is 2.51. The first-order valence-corrected chi connectivity index (χ1v) is 8.73. The van der Waals surface area contributed by atoms with Crippen LogP contribution in [0.2, 0.25) is 0 Å². The molecule has 0 radical (unpaired) electrons. The molecule has 2 unspecified atom stereocenters. The maximum atomic E-state index is 11.7. The van der Waals surface area contributed by atoms with E-state index < -0.39 is 21.8 Å². The molecule has 0 aromatic rings. The third-order valence-corrected chi connectivity index (χ3v) is 4.97. The summed E-state index contributed by atoms with van der Waals surface area (Å²) < 4.78 is 22.0. The summed E-state index contributed by atoms with van der Waals surface area (Å²) in [6.45, 7) is 0. The smallest absolute Gasteiger partial charge is 0.326 e. The Labute approximate surface area is 110 Å². The summed E-state index contributed by atoms with van der Waals surface area (Å²) in [5.74, 6) is -0.852. The Morgan fingerprint density at radius 3 is 2.61 bits per heavy atom. The van der Waals surface area contributed by atoms with E-state index in [0.29, 0.717) is 0 Å². The van der Waals surface area contributed by atoms with Gasteiger partial charge in [-0.1, -0.05) is 0 Å². The number of carboxylic acids is 1. The van der Waals surface area contributed by atoms with Gasteiger partial charge < -0.3 is 10.4 Å². The van der Waals surface area contributed by atoms with Gasteiger partial charge in [0.1, 0.15) is 15.9 Å². The van der Waals surface area contributed by atoms with Crippen LogP contribution in [0.25, 0.3) is 0 Å². The monoisotopic (exact) mass is 295 g/mol. The first-order chi connectivity index (χ1) is 8.29. The van der Waals surface area contributed by atoms with Crippen molar-refractivity contribution in [2.75, 3.05) is 17.8 Å². The van der Waals surface area contributed by atoms with Crippen molar-refractivity contribution in [1.29, 1.82) is 0 Å². The lowest BCUT2D eigenvalue weighted by molar-refractivity contribution is -0.141. The highest BCUT2D eigenvalue weighted by Gasteiger charge is 2.28. The van der Waals surface area contributed by atoms with Crippen molar-refractivity contribution in [3.63, 3.8) is 0 Å². The number of nitrogens with one attached hydrogen (secondary N) is 1. The molecule has 1 aliphatic heterocycles. The van der Waals surface area contributed by atoms with Crippen molar-refractivity contribution in [2.45, 2.75) is 30.6 Å². The largest absolute Gasteiger partial charge is 0.480 e. The lowest BCUT2D eigenvalue weighted by Gasteiger charge is -2.16. The van der Waals surface area contributed by atoms with Gasteiger partial charge in [-0.05, 0) is 25.0 Å². The van der Waals surface area contributed by atoms with E-state index in [9.17, 15) is 18.0 Å². The highest BCUT2D eigenvalue weighted by atomic mass is 32.2. The van der Waals surface area contributed by atoms with E-state index in [-0.39, 0.29) is 23.3 Å². The summed E-state index contributed by atoms with van der Waals surface area (Å²) in [5, 5.41) is 11.1. The second-order valence-electron chi connectivity index (χ2n) is 4.32. The number of carboxylic acid groups (broad SMARTS) is 1. The van der Waals surface area contributed by atoms with Crippen LogP contribution >= 0.6 is 11.8 Å². The third-order valence-electron chi connectivity index (χ3n) is 2.61. The van der Waals surface area contributed by atoms with Gasteiger partial charge in [0, 0.05) is 6.26 Å². The predicted octanol–water partition coefficient (Wildman–Crippen LogP) is -0.114. The molecule has 2 N–H and O–H groups in total. The summed E-state index contributed by atoms with van der Waals surface area (Å²) in [6, 6.07) is -1.13. The molecule has 1 rings (SSSR count). The van der Waals surface area contributed by atoms with Crippen LogP contribution in [0.4, 0.5) is 0 Å². The minimum absolute atomic E-state index is 0.0999. The second-order valence-corrected chi connectivity index (χ2v) is 7.89. The van der Waals surface area contributed by atoms with Crippen LogP contribution in [0.3, 0.4) is 0 Å². The van der Waals surface area contributed by atoms with Gasteiger partial charge >= 0.3 is 5.97 Å². The molecule has 6 nitrogen and oxygen atoms in total. The standard InChI is InChI=1S/C10H17NO5S2/c1-18(15,16)6-4-7(10(13)14)11-9(12)8-3-2-5-17-8/h7-8H,2-6H2,1H3,(H,11,12)(H,13,14). The van der Waals surface area contributed by atoms with Crippen molar-refractivity contribution in [3.05, 3.63) is 0 Å². The van der Waals surface area contributed by atoms with Crippen molar-refractivity contribution in [3.8, 4) is 0 Å². The molecule has 0 bridgehead atoms. The normalized spacial score (nSPS) is 21.5. The van der Waals surface area contributed by atoms with Crippen LogP contribution in [0.1, 0.15) is 19.3 Å². The molecule has 104 valence electrons. The summed E-state index contributed by atoms with van der Waals surface area (Å²) in [5.41, 5.74) is 0. The van der Waals surface area contributed by atoms with Crippen LogP contribution in [0.5, 0.6) is 0 Å². The molecule has 1 aliphatic rings. The maximum Gasteiger partial charge on any atom is 0.326 e. The molecule has 0 spiro atoms. The van der Waals surface area contributed by atoms with Gasteiger partial charge in [0.2, 0.25) is 5.91 Å². The Morgan fingerprint density at radius 2 is 2.17 bits per heavy atom. The second kappa shape index (κ2) is 6.42. The molecule has 18 heavy (non-hydrogen) atoms. The molecule has 8 heteroatoms. The molecule has 1 fully saturated rings. The molecule has 1 amide bonds.